The van der Waals surface area contributed by atoms with Gasteiger partial charge in [-0.2, -0.15) is 0 Å². The van der Waals surface area contributed by atoms with Gasteiger partial charge in [0.2, 0.25) is 0 Å². The van der Waals surface area contributed by atoms with Crippen molar-refractivity contribution in [2.75, 3.05) is 0 Å². The van der Waals surface area contributed by atoms with Crippen molar-refractivity contribution in [3.63, 3.8) is 0 Å². The van der Waals surface area contributed by atoms with E-state index < -0.39 is 12.2 Å². The second-order valence-electron chi connectivity index (χ2n) is 4.48. The molecule has 2 atom stereocenters. The van der Waals surface area contributed by atoms with E-state index in [-0.39, 0.29) is 0 Å². The molecule has 0 bridgehead atoms. The molecule has 0 aliphatic rings. The summed E-state index contributed by atoms with van der Waals surface area (Å²) in [6.45, 7) is 0. The van der Waals surface area contributed by atoms with Gasteiger partial charge in [-0.05, 0) is 11.1 Å². The minimum absolute atomic E-state index is 0.630. The first-order valence-electron chi connectivity index (χ1n) is 6.58. The van der Waals surface area contributed by atoms with Gasteiger partial charge in [0.05, 0.1) is 12.2 Å². The molecule has 2 aromatic rings. The molecule has 0 amide bonds. The quantitative estimate of drug-likeness (QED) is 0.812. The van der Waals surface area contributed by atoms with Crippen LogP contribution in [0.2, 0.25) is 0 Å². The highest BCUT2D eigenvalue weighted by atomic mass is 16.3. The first kappa shape index (κ1) is 14.3. The molecule has 20 heavy (non-hydrogen) atoms. The van der Waals surface area contributed by atoms with E-state index in [9.17, 15) is 10.2 Å². The molecule has 102 valence electrons. The third kappa shape index (κ3) is 4.19. The van der Waals surface area contributed by atoms with Gasteiger partial charge in [-0.15, -0.1) is 0 Å². The Balaban J connectivity index is 1.91. The fraction of sp³-hybridized carbons (Fsp3) is 0.111. The normalized spacial score (nSPS) is 14.7. The summed E-state index contributed by atoms with van der Waals surface area (Å²) < 4.78 is 0. The second-order valence-corrected chi connectivity index (χ2v) is 4.48. The van der Waals surface area contributed by atoms with Crippen molar-refractivity contribution in [1.29, 1.82) is 0 Å². The maximum absolute atomic E-state index is 9.92. The predicted octanol–water partition coefficient (Wildman–Crippen LogP) is 3.57. The maximum Gasteiger partial charge on any atom is 0.0974 e. The van der Waals surface area contributed by atoms with Crippen molar-refractivity contribution in [2.24, 2.45) is 0 Å². The molecular weight excluding hydrogens is 248 g/mol. The van der Waals surface area contributed by atoms with Gasteiger partial charge in [0, 0.05) is 0 Å². The second kappa shape index (κ2) is 7.43. The third-order valence-corrected chi connectivity index (χ3v) is 2.98. The molecular formula is C18H18O2. The Morgan fingerprint density at radius 1 is 0.600 bits per heavy atom. The molecule has 0 aromatic heterocycles. The summed E-state index contributed by atoms with van der Waals surface area (Å²) in [6, 6.07) is 18.9. The number of allylic oxidation sites excluding steroid dienone is 2. The largest absolute Gasteiger partial charge is 0.384 e. The van der Waals surface area contributed by atoms with Crippen LogP contribution in [0.25, 0.3) is 0 Å². The zero-order valence-corrected chi connectivity index (χ0v) is 11.1. The molecule has 0 saturated heterocycles. The standard InChI is InChI=1S/C18H18O2/c19-17(15-9-3-1-4-10-15)13-7-8-14-18(20)16-11-5-2-6-12-16/h1-14,17-20H/b13-7+,14-8+. The lowest BCUT2D eigenvalue weighted by atomic mass is 10.1. The Morgan fingerprint density at radius 2 is 0.950 bits per heavy atom. The first-order chi connectivity index (χ1) is 9.77. The zero-order valence-electron chi connectivity index (χ0n) is 11.1. The Hall–Kier alpha value is -2.16. The number of hydrogen-bond donors (Lipinski definition) is 2. The van der Waals surface area contributed by atoms with Crippen LogP contribution in [-0.4, -0.2) is 10.2 Å². The lowest BCUT2D eigenvalue weighted by Gasteiger charge is -2.05. The van der Waals surface area contributed by atoms with E-state index in [1.165, 1.54) is 0 Å². The van der Waals surface area contributed by atoms with Gasteiger partial charge in [-0.25, -0.2) is 0 Å². The van der Waals surface area contributed by atoms with E-state index in [2.05, 4.69) is 0 Å². The highest BCUT2D eigenvalue weighted by Crippen LogP contribution is 2.15. The van der Waals surface area contributed by atoms with Crippen LogP contribution in [0.15, 0.2) is 85.0 Å². The van der Waals surface area contributed by atoms with Crippen LogP contribution in [-0.2, 0) is 0 Å². The van der Waals surface area contributed by atoms with Crippen molar-refractivity contribution in [3.05, 3.63) is 96.1 Å². The van der Waals surface area contributed by atoms with Gasteiger partial charge < -0.3 is 10.2 Å². The monoisotopic (exact) mass is 266 g/mol. The fourth-order valence-corrected chi connectivity index (χ4v) is 1.86. The molecule has 0 saturated carbocycles. The summed E-state index contributed by atoms with van der Waals surface area (Å²) in [5.41, 5.74) is 1.70. The van der Waals surface area contributed by atoms with Gasteiger partial charge in [-0.1, -0.05) is 85.0 Å². The van der Waals surface area contributed by atoms with E-state index in [1.807, 2.05) is 60.7 Å². The molecule has 0 spiro atoms. The van der Waals surface area contributed by atoms with Crippen molar-refractivity contribution >= 4 is 0 Å². The van der Waals surface area contributed by atoms with Crippen molar-refractivity contribution in [3.8, 4) is 0 Å². The molecule has 0 aliphatic carbocycles. The summed E-state index contributed by atoms with van der Waals surface area (Å²) in [4.78, 5) is 0. The van der Waals surface area contributed by atoms with Crippen LogP contribution < -0.4 is 0 Å². The number of rotatable bonds is 5. The Kier molecular flexibility index (Phi) is 5.30. The van der Waals surface area contributed by atoms with Gasteiger partial charge in [0.1, 0.15) is 0 Å². The van der Waals surface area contributed by atoms with E-state index in [0.717, 1.165) is 11.1 Å². The molecule has 2 rings (SSSR count). The Labute approximate surface area is 119 Å². The molecule has 2 heteroatoms. The highest BCUT2D eigenvalue weighted by molar-refractivity contribution is 5.24. The summed E-state index contributed by atoms with van der Waals surface area (Å²) in [5, 5.41) is 19.8. The van der Waals surface area contributed by atoms with Crippen molar-refractivity contribution in [2.45, 2.75) is 12.2 Å². The van der Waals surface area contributed by atoms with Gasteiger partial charge >= 0.3 is 0 Å². The Bertz CT molecular complexity index is 505. The average Bonchev–Trinajstić information content (AvgIpc) is 2.53. The van der Waals surface area contributed by atoms with Gasteiger partial charge in [0.25, 0.3) is 0 Å². The average molecular weight is 266 g/mol. The lowest BCUT2D eigenvalue weighted by molar-refractivity contribution is 0.227. The van der Waals surface area contributed by atoms with Crippen LogP contribution in [0.4, 0.5) is 0 Å². The number of hydrogen-bond acceptors (Lipinski definition) is 2. The zero-order chi connectivity index (χ0) is 14.2. The van der Waals surface area contributed by atoms with Gasteiger partial charge in [0.15, 0.2) is 0 Å². The topological polar surface area (TPSA) is 40.5 Å². The molecule has 2 unspecified atom stereocenters. The van der Waals surface area contributed by atoms with E-state index in [0.29, 0.717) is 0 Å². The summed E-state index contributed by atoms with van der Waals surface area (Å²) >= 11 is 0. The molecule has 0 heterocycles. The van der Waals surface area contributed by atoms with E-state index >= 15 is 0 Å². The molecule has 2 N–H and O–H groups in total. The molecule has 0 fully saturated rings. The van der Waals surface area contributed by atoms with Crippen LogP contribution in [0.3, 0.4) is 0 Å². The summed E-state index contributed by atoms with van der Waals surface area (Å²) in [6.07, 6.45) is 5.59. The van der Waals surface area contributed by atoms with Crippen molar-refractivity contribution in [1.82, 2.24) is 0 Å². The molecule has 2 aromatic carbocycles. The predicted molar refractivity (Wildman–Crippen MR) is 81.1 cm³/mol. The van der Waals surface area contributed by atoms with Crippen molar-refractivity contribution < 1.29 is 10.2 Å². The lowest BCUT2D eigenvalue weighted by Crippen LogP contribution is -1.92. The molecule has 2 nitrogen and oxygen atoms in total. The van der Waals surface area contributed by atoms with Crippen LogP contribution in [0, 0.1) is 0 Å². The first-order valence-corrected chi connectivity index (χ1v) is 6.58. The summed E-state index contributed by atoms with van der Waals surface area (Å²) in [5.74, 6) is 0. The minimum Gasteiger partial charge on any atom is -0.384 e. The minimum atomic E-state index is -0.630. The number of aliphatic hydroxyl groups excluding tert-OH is 2. The van der Waals surface area contributed by atoms with Crippen LogP contribution >= 0.6 is 0 Å². The van der Waals surface area contributed by atoms with E-state index in [1.54, 1.807) is 24.3 Å². The highest BCUT2D eigenvalue weighted by Gasteiger charge is 2.01. The summed E-state index contributed by atoms with van der Waals surface area (Å²) in [7, 11) is 0. The maximum atomic E-state index is 9.92. The smallest absolute Gasteiger partial charge is 0.0974 e. The molecule has 0 aliphatic heterocycles. The number of aliphatic hydroxyl groups is 2. The van der Waals surface area contributed by atoms with Gasteiger partial charge in [-0.3, -0.25) is 0 Å². The molecule has 0 radical (unpaired) electrons. The fourth-order valence-electron chi connectivity index (χ4n) is 1.86. The SMILES string of the molecule is OC(/C=C/C=C/C(O)c1ccccc1)c1ccccc1. The third-order valence-electron chi connectivity index (χ3n) is 2.98. The Morgan fingerprint density at radius 3 is 1.30 bits per heavy atom. The number of benzene rings is 2. The van der Waals surface area contributed by atoms with Crippen LogP contribution in [0.5, 0.6) is 0 Å². The van der Waals surface area contributed by atoms with E-state index in [4.69, 9.17) is 0 Å². The van der Waals surface area contributed by atoms with Crippen LogP contribution in [0.1, 0.15) is 23.3 Å².